The first kappa shape index (κ1) is 13.2. The highest BCUT2D eigenvalue weighted by Gasteiger charge is 2.18. The van der Waals surface area contributed by atoms with Crippen LogP contribution < -0.4 is 11.1 Å². The lowest BCUT2D eigenvalue weighted by molar-refractivity contribution is 0.269. The Hall–Kier alpha value is -1.20. The van der Waals surface area contributed by atoms with Crippen LogP contribution in [-0.4, -0.2) is 40.5 Å². The molecule has 0 saturated carbocycles. The lowest BCUT2D eigenvalue weighted by Crippen LogP contribution is -2.35. The third-order valence-corrected chi connectivity index (χ3v) is 3.59. The SMILES string of the molecule is CC(CNc1cccnc1C(N)=S)N1CCCC1. The maximum Gasteiger partial charge on any atom is 0.124 e. The molecular weight excluding hydrogens is 244 g/mol. The zero-order valence-electron chi connectivity index (χ0n) is 10.7. The summed E-state index contributed by atoms with van der Waals surface area (Å²) in [7, 11) is 0. The van der Waals surface area contributed by atoms with Crippen molar-refractivity contribution in [2.24, 2.45) is 5.73 Å². The van der Waals surface area contributed by atoms with Gasteiger partial charge < -0.3 is 11.1 Å². The summed E-state index contributed by atoms with van der Waals surface area (Å²) in [5.41, 5.74) is 7.27. The van der Waals surface area contributed by atoms with Gasteiger partial charge in [-0.05, 0) is 45.0 Å². The fourth-order valence-electron chi connectivity index (χ4n) is 2.31. The van der Waals surface area contributed by atoms with Crippen LogP contribution >= 0.6 is 12.2 Å². The number of nitrogens with one attached hydrogen (secondary N) is 1. The Bertz CT molecular complexity index is 415. The Labute approximate surface area is 114 Å². The first-order valence-corrected chi connectivity index (χ1v) is 6.82. The number of nitrogens with zero attached hydrogens (tertiary/aromatic N) is 2. The monoisotopic (exact) mass is 264 g/mol. The summed E-state index contributed by atoms with van der Waals surface area (Å²) in [4.78, 5) is 7.05. The van der Waals surface area contributed by atoms with E-state index in [4.69, 9.17) is 18.0 Å². The van der Waals surface area contributed by atoms with Crippen molar-refractivity contribution in [2.45, 2.75) is 25.8 Å². The summed E-state index contributed by atoms with van der Waals surface area (Å²) in [5, 5.41) is 3.40. The minimum atomic E-state index is 0.340. The van der Waals surface area contributed by atoms with Gasteiger partial charge in [-0.25, -0.2) is 0 Å². The van der Waals surface area contributed by atoms with E-state index in [1.165, 1.54) is 25.9 Å². The van der Waals surface area contributed by atoms with Gasteiger partial charge in [0.25, 0.3) is 0 Å². The van der Waals surface area contributed by atoms with Crippen LogP contribution in [0.5, 0.6) is 0 Å². The number of anilines is 1. The van der Waals surface area contributed by atoms with Gasteiger partial charge in [-0.15, -0.1) is 0 Å². The number of nitrogens with two attached hydrogens (primary N) is 1. The van der Waals surface area contributed by atoms with Gasteiger partial charge in [0.15, 0.2) is 0 Å². The van der Waals surface area contributed by atoms with Gasteiger partial charge in [-0.3, -0.25) is 9.88 Å². The molecule has 1 unspecified atom stereocenters. The Morgan fingerprint density at radius 2 is 2.28 bits per heavy atom. The highest BCUT2D eigenvalue weighted by Crippen LogP contribution is 2.15. The number of hydrogen-bond acceptors (Lipinski definition) is 4. The van der Waals surface area contributed by atoms with Crippen LogP contribution in [0, 0.1) is 0 Å². The van der Waals surface area contributed by atoms with E-state index in [1.54, 1.807) is 6.20 Å². The molecule has 1 aromatic heterocycles. The molecule has 0 aromatic carbocycles. The van der Waals surface area contributed by atoms with Crippen molar-refractivity contribution in [1.82, 2.24) is 9.88 Å². The Kier molecular flexibility index (Phi) is 4.49. The van der Waals surface area contributed by atoms with Crippen molar-refractivity contribution < 1.29 is 0 Å². The Morgan fingerprint density at radius 1 is 1.56 bits per heavy atom. The van der Waals surface area contributed by atoms with Crippen LogP contribution in [0.3, 0.4) is 0 Å². The normalized spacial score (nSPS) is 17.6. The number of hydrogen-bond donors (Lipinski definition) is 2. The van der Waals surface area contributed by atoms with Crippen LogP contribution in [0.2, 0.25) is 0 Å². The maximum atomic E-state index is 5.66. The van der Waals surface area contributed by atoms with Crippen molar-refractivity contribution in [3.63, 3.8) is 0 Å². The first-order chi connectivity index (χ1) is 8.68. The number of rotatable bonds is 5. The second kappa shape index (κ2) is 6.11. The summed E-state index contributed by atoms with van der Waals surface area (Å²) in [6.07, 6.45) is 4.34. The molecule has 0 aliphatic carbocycles. The van der Waals surface area contributed by atoms with E-state index in [2.05, 4.69) is 22.1 Å². The molecule has 98 valence electrons. The fraction of sp³-hybridized carbons (Fsp3) is 0.538. The molecule has 2 heterocycles. The predicted octanol–water partition coefficient (Wildman–Crippen LogP) is 1.61. The highest BCUT2D eigenvalue weighted by molar-refractivity contribution is 7.80. The number of likely N-dealkylation sites (tertiary alicyclic amines) is 1. The minimum Gasteiger partial charge on any atom is -0.388 e. The van der Waals surface area contributed by atoms with Crippen LogP contribution in [0.15, 0.2) is 18.3 Å². The van der Waals surface area contributed by atoms with E-state index in [-0.39, 0.29) is 0 Å². The summed E-state index contributed by atoms with van der Waals surface area (Å²) in [6, 6.07) is 4.38. The average Bonchev–Trinajstić information content (AvgIpc) is 2.90. The predicted molar refractivity (Wildman–Crippen MR) is 78.9 cm³/mol. The van der Waals surface area contributed by atoms with Crippen molar-refractivity contribution in [3.05, 3.63) is 24.0 Å². The van der Waals surface area contributed by atoms with Crippen molar-refractivity contribution >= 4 is 22.9 Å². The second-order valence-corrected chi connectivity index (χ2v) is 5.18. The molecular formula is C13H20N4S. The zero-order chi connectivity index (χ0) is 13.0. The fourth-order valence-corrected chi connectivity index (χ4v) is 2.48. The molecule has 0 radical (unpaired) electrons. The summed E-state index contributed by atoms with van der Waals surface area (Å²) >= 11 is 5.00. The van der Waals surface area contributed by atoms with Gasteiger partial charge in [0.05, 0.1) is 5.69 Å². The molecule has 5 heteroatoms. The maximum absolute atomic E-state index is 5.66. The standard InChI is InChI=1S/C13H20N4S/c1-10(17-7-2-3-8-17)9-16-11-5-4-6-15-12(11)13(14)18/h4-6,10,16H,2-3,7-9H2,1H3,(H2,14,18). The van der Waals surface area contributed by atoms with E-state index in [1.807, 2.05) is 12.1 Å². The van der Waals surface area contributed by atoms with Crippen molar-refractivity contribution in [2.75, 3.05) is 25.0 Å². The summed E-state index contributed by atoms with van der Waals surface area (Å²) in [6.45, 7) is 5.55. The minimum absolute atomic E-state index is 0.340. The Balaban J connectivity index is 1.95. The van der Waals surface area contributed by atoms with E-state index >= 15 is 0 Å². The van der Waals surface area contributed by atoms with Crippen LogP contribution in [0.1, 0.15) is 25.5 Å². The van der Waals surface area contributed by atoms with Crippen LogP contribution in [0.25, 0.3) is 0 Å². The number of pyridine rings is 1. The molecule has 1 aliphatic rings. The van der Waals surface area contributed by atoms with E-state index < -0.39 is 0 Å². The van der Waals surface area contributed by atoms with E-state index in [0.717, 1.165) is 12.2 Å². The molecule has 18 heavy (non-hydrogen) atoms. The van der Waals surface area contributed by atoms with Gasteiger partial charge in [-0.2, -0.15) is 0 Å². The average molecular weight is 264 g/mol. The smallest absolute Gasteiger partial charge is 0.124 e. The van der Waals surface area contributed by atoms with E-state index in [9.17, 15) is 0 Å². The number of thiocarbonyl (C=S) groups is 1. The molecule has 1 saturated heterocycles. The van der Waals surface area contributed by atoms with Gasteiger partial charge in [0, 0.05) is 18.8 Å². The molecule has 2 rings (SSSR count). The largest absolute Gasteiger partial charge is 0.388 e. The quantitative estimate of drug-likeness (QED) is 0.791. The summed E-state index contributed by atoms with van der Waals surface area (Å²) in [5.74, 6) is 0. The third-order valence-electron chi connectivity index (χ3n) is 3.39. The molecule has 0 amide bonds. The lowest BCUT2D eigenvalue weighted by Gasteiger charge is -2.24. The second-order valence-electron chi connectivity index (χ2n) is 4.74. The van der Waals surface area contributed by atoms with Gasteiger partial charge in [0.1, 0.15) is 10.7 Å². The molecule has 0 spiro atoms. The molecule has 1 aromatic rings. The molecule has 3 N–H and O–H groups in total. The van der Waals surface area contributed by atoms with Gasteiger partial charge >= 0.3 is 0 Å². The van der Waals surface area contributed by atoms with Crippen LogP contribution in [0.4, 0.5) is 5.69 Å². The highest BCUT2D eigenvalue weighted by atomic mass is 32.1. The number of aromatic nitrogens is 1. The van der Waals surface area contributed by atoms with Gasteiger partial charge in [-0.1, -0.05) is 12.2 Å². The summed E-state index contributed by atoms with van der Waals surface area (Å²) < 4.78 is 0. The van der Waals surface area contributed by atoms with Gasteiger partial charge in [0.2, 0.25) is 0 Å². The molecule has 1 aliphatic heterocycles. The van der Waals surface area contributed by atoms with Crippen LogP contribution in [-0.2, 0) is 0 Å². The lowest BCUT2D eigenvalue weighted by atomic mass is 10.2. The molecule has 1 atom stereocenters. The zero-order valence-corrected chi connectivity index (χ0v) is 11.5. The van der Waals surface area contributed by atoms with E-state index in [0.29, 0.717) is 16.7 Å². The molecule has 1 fully saturated rings. The first-order valence-electron chi connectivity index (χ1n) is 6.41. The van der Waals surface area contributed by atoms with Crippen molar-refractivity contribution in [3.8, 4) is 0 Å². The molecule has 4 nitrogen and oxygen atoms in total. The topological polar surface area (TPSA) is 54.2 Å². The molecule has 0 bridgehead atoms. The third kappa shape index (κ3) is 3.17. The Morgan fingerprint density at radius 3 is 2.94 bits per heavy atom. The van der Waals surface area contributed by atoms with Crippen molar-refractivity contribution in [1.29, 1.82) is 0 Å².